The summed E-state index contributed by atoms with van der Waals surface area (Å²) >= 11 is 0. The van der Waals surface area contributed by atoms with E-state index in [1.54, 1.807) is 31.1 Å². The lowest BCUT2D eigenvalue weighted by molar-refractivity contribution is -0.137. The van der Waals surface area contributed by atoms with Gasteiger partial charge in [-0.2, -0.15) is 0 Å². The number of fused-ring (bicyclic) bond motifs is 1. The molecule has 1 fully saturated rings. The highest BCUT2D eigenvalue weighted by atomic mass is 16.2. The number of piperidine rings is 1. The maximum absolute atomic E-state index is 13.5. The van der Waals surface area contributed by atoms with Gasteiger partial charge >= 0.3 is 6.03 Å². The number of likely N-dealkylation sites (N-methyl/N-ethyl adjacent to an activating group) is 1. The van der Waals surface area contributed by atoms with E-state index in [0.29, 0.717) is 25.3 Å². The summed E-state index contributed by atoms with van der Waals surface area (Å²) in [5.74, 6) is -0.979. The van der Waals surface area contributed by atoms with Gasteiger partial charge in [0, 0.05) is 40.7 Å². The van der Waals surface area contributed by atoms with Crippen LogP contribution in [0.15, 0.2) is 36.4 Å². The fraction of sp³-hybridized carbons (Fsp3) is 0.417. The first-order valence-corrected chi connectivity index (χ1v) is 11.0. The van der Waals surface area contributed by atoms with E-state index in [1.807, 2.05) is 31.2 Å². The minimum Gasteiger partial charge on any atom is -0.347 e. The topological polar surface area (TPSA) is 111 Å². The first kappa shape index (κ1) is 24.0. The number of likely N-dealkylation sites (tertiary alicyclic amines) is 1. The van der Waals surface area contributed by atoms with E-state index in [-0.39, 0.29) is 36.3 Å². The van der Waals surface area contributed by atoms with Gasteiger partial charge in [0.05, 0.1) is 11.3 Å². The number of amides is 5. The lowest BCUT2D eigenvalue weighted by atomic mass is 9.85. The molecule has 0 unspecified atom stereocenters. The molecule has 33 heavy (non-hydrogen) atoms. The summed E-state index contributed by atoms with van der Waals surface area (Å²) in [6.45, 7) is 4.41. The van der Waals surface area contributed by atoms with E-state index in [0.717, 1.165) is 10.8 Å². The zero-order chi connectivity index (χ0) is 24.2. The van der Waals surface area contributed by atoms with Crippen molar-refractivity contribution < 1.29 is 19.2 Å². The van der Waals surface area contributed by atoms with Gasteiger partial charge in [-0.25, -0.2) is 4.79 Å². The second-order valence-electron chi connectivity index (χ2n) is 8.48. The average molecular weight is 454 g/mol. The van der Waals surface area contributed by atoms with Gasteiger partial charge < -0.3 is 25.8 Å². The van der Waals surface area contributed by atoms with Crippen LogP contribution < -0.4 is 16.0 Å². The number of rotatable bonds is 5. The molecule has 3 N–H and O–H groups in total. The summed E-state index contributed by atoms with van der Waals surface area (Å²) in [6, 6.07) is 10.8. The third-order valence-corrected chi connectivity index (χ3v) is 5.84. The quantitative estimate of drug-likeness (QED) is 0.644. The highest BCUT2D eigenvalue weighted by molar-refractivity contribution is 6.09. The number of carbonyl (C=O) groups excluding carboxylic acids is 4. The second-order valence-corrected chi connectivity index (χ2v) is 8.48. The van der Waals surface area contributed by atoms with Crippen molar-refractivity contribution in [2.45, 2.75) is 32.2 Å². The Bertz CT molecular complexity index is 1070. The lowest BCUT2D eigenvalue weighted by Crippen LogP contribution is -2.64. The van der Waals surface area contributed by atoms with Gasteiger partial charge in [-0.15, -0.1) is 0 Å². The summed E-state index contributed by atoms with van der Waals surface area (Å²) in [7, 11) is 3.29. The van der Waals surface area contributed by atoms with E-state index in [1.165, 1.54) is 11.8 Å². The van der Waals surface area contributed by atoms with Crippen molar-refractivity contribution in [3.05, 3.63) is 42.0 Å². The van der Waals surface area contributed by atoms with E-state index in [2.05, 4.69) is 16.0 Å². The van der Waals surface area contributed by atoms with Crippen LogP contribution >= 0.6 is 0 Å². The predicted molar refractivity (Wildman–Crippen MR) is 127 cm³/mol. The molecule has 9 nitrogen and oxygen atoms in total. The minimum absolute atomic E-state index is 0.183. The Morgan fingerprint density at radius 2 is 1.64 bits per heavy atom. The molecule has 0 aliphatic carbocycles. The molecule has 1 aliphatic rings. The van der Waals surface area contributed by atoms with Crippen molar-refractivity contribution in [3.63, 3.8) is 0 Å². The molecule has 5 amide bonds. The molecule has 0 bridgehead atoms. The highest BCUT2D eigenvalue weighted by Gasteiger charge is 2.44. The average Bonchev–Trinajstić information content (AvgIpc) is 2.78. The summed E-state index contributed by atoms with van der Waals surface area (Å²) in [6.07, 6.45) is 0.575. The maximum atomic E-state index is 13.5. The Morgan fingerprint density at radius 1 is 1.03 bits per heavy atom. The standard InChI is InChI=1S/C24H31N5O4/c1-5-25-23(33)29-12-10-24(11-13-29,22(32)28(3)4)27-21(31)19-14-17-8-6-7-9-18(17)15-20(19)26-16(2)30/h6-9,14-15H,5,10-13H2,1-4H3,(H,25,33)(H,26,30)(H,27,31). The normalized spacial score (nSPS) is 15.0. The van der Waals surface area contributed by atoms with Crippen LogP contribution in [0.4, 0.5) is 10.5 Å². The summed E-state index contributed by atoms with van der Waals surface area (Å²) in [4.78, 5) is 53.8. The third kappa shape index (κ3) is 5.24. The van der Waals surface area contributed by atoms with E-state index >= 15 is 0 Å². The monoisotopic (exact) mass is 453 g/mol. The van der Waals surface area contributed by atoms with Gasteiger partial charge in [0.2, 0.25) is 11.8 Å². The van der Waals surface area contributed by atoms with Gasteiger partial charge in [0.1, 0.15) is 5.54 Å². The Hall–Kier alpha value is -3.62. The predicted octanol–water partition coefficient (Wildman–Crippen LogP) is 2.18. The molecule has 1 aliphatic heterocycles. The molecular formula is C24H31N5O4. The molecular weight excluding hydrogens is 422 g/mol. The number of anilines is 1. The number of carbonyl (C=O) groups is 4. The number of hydrogen-bond acceptors (Lipinski definition) is 4. The first-order valence-electron chi connectivity index (χ1n) is 11.0. The number of urea groups is 1. The molecule has 1 heterocycles. The number of nitrogens with zero attached hydrogens (tertiary/aromatic N) is 2. The lowest BCUT2D eigenvalue weighted by Gasteiger charge is -2.42. The molecule has 3 rings (SSSR count). The Kier molecular flexibility index (Phi) is 7.20. The third-order valence-electron chi connectivity index (χ3n) is 5.84. The van der Waals surface area contributed by atoms with Crippen molar-refractivity contribution >= 4 is 40.2 Å². The van der Waals surface area contributed by atoms with Crippen LogP contribution in [0.25, 0.3) is 10.8 Å². The van der Waals surface area contributed by atoms with Crippen molar-refractivity contribution in [1.82, 2.24) is 20.4 Å². The van der Waals surface area contributed by atoms with Crippen LogP contribution in [0.1, 0.15) is 37.0 Å². The van der Waals surface area contributed by atoms with Gasteiger partial charge in [0.15, 0.2) is 0 Å². The molecule has 0 spiro atoms. The Morgan fingerprint density at radius 3 is 2.18 bits per heavy atom. The molecule has 0 aromatic heterocycles. The SMILES string of the molecule is CCNC(=O)N1CCC(NC(=O)c2cc3ccccc3cc2NC(C)=O)(C(=O)N(C)C)CC1. The molecule has 9 heteroatoms. The molecule has 0 saturated carbocycles. The van der Waals surface area contributed by atoms with Crippen LogP contribution in [0.3, 0.4) is 0 Å². The molecule has 2 aromatic carbocycles. The Labute approximate surface area is 193 Å². The minimum atomic E-state index is -1.15. The largest absolute Gasteiger partial charge is 0.347 e. The van der Waals surface area contributed by atoms with E-state index in [9.17, 15) is 19.2 Å². The van der Waals surface area contributed by atoms with Crippen LogP contribution in [-0.2, 0) is 9.59 Å². The zero-order valence-corrected chi connectivity index (χ0v) is 19.5. The number of hydrogen-bond donors (Lipinski definition) is 3. The van der Waals surface area contributed by atoms with Crippen LogP contribution in [0.5, 0.6) is 0 Å². The van der Waals surface area contributed by atoms with E-state index < -0.39 is 11.4 Å². The van der Waals surface area contributed by atoms with Crippen LogP contribution in [-0.4, -0.2) is 72.8 Å². The molecule has 0 atom stereocenters. The number of benzene rings is 2. The van der Waals surface area contributed by atoms with Crippen LogP contribution in [0, 0.1) is 0 Å². The fourth-order valence-corrected chi connectivity index (χ4v) is 4.18. The van der Waals surface area contributed by atoms with Crippen molar-refractivity contribution in [1.29, 1.82) is 0 Å². The molecule has 176 valence electrons. The first-order chi connectivity index (χ1) is 15.7. The molecule has 2 aromatic rings. The van der Waals surface area contributed by atoms with Gasteiger partial charge in [0.25, 0.3) is 5.91 Å². The van der Waals surface area contributed by atoms with Crippen molar-refractivity contribution in [2.75, 3.05) is 39.0 Å². The molecule has 0 radical (unpaired) electrons. The maximum Gasteiger partial charge on any atom is 0.317 e. The Balaban J connectivity index is 1.93. The summed E-state index contributed by atoms with van der Waals surface area (Å²) in [5.41, 5.74) is -0.491. The zero-order valence-electron chi connectivity index (χ0n) is 19.5. The van der Waals surface area contributed by atoms with Gasteiger partial charge in [-0.3, -0.25) is 14.4 Å². The van der Waals surface area contributed by atoms with Crippen molar-refractivity contribution in [2.24, 2.45) is 0 Å². The summed E-state index contributed by atoms with van der Waals surface area (Å²) in [5, 5.41) is 10.2. The summed E-state index contributed by atoms with van der Waals surface area (Å²) < 4.78 is 0. The van der Waals surface area contributed by atoms with Gasteiger partial charge in [-0.05, 0) is 42.7 Å². The smallest absolute Gasteiger partial charge is 0.317 e. The van der Waals surface area contributed by atoms with Crippen LogP contribution in [0.2, 0.25) is 0 Å². The second kappa shape index (κ2) is 9.89. The van der Waals surface area contributed by atoms with E-state index in [4.69, 9.17) is 0 Å². The van der Waals surface area contributed by atoms with Gasteiger partial charge in [-0.1, -0.05) is 24.3 Å². The fourth-order valence-electron chi connectivity index (χ4n) is 4.18. The number of nitrogens with one attached hydrogen (secondary N) is 3. The highest BCUT2D eigenvalue weighted by Crippen LogP contribution is 2.28. The molecule has 1 saturated heterocycles. The van der Waals surface area contributed by atoms with Crippen molar-refractivity contribution in [3.8, 4) is 0 Å².